The van der Waals surface area contributed by atoms with E-state index in [0.29, 0.717) is 30.4 Å². The summed E-state index contributed by atoms with van der Waals surface area (Å²) < 4.78 is 48.7. The number of ether oxygens (including phenoxy) is 1. The number of piperidine rings is 1. The van der Waals surface area contributed by atoms with Crippen molar-refractivity contribution in [1.29, 1.82) is 0 Å². The number of aromatic nitrogens is 2. The molecule has 16 heteroatoms. The Morgan fingerprint density at radius 3 is 2.63 bits per heavy atom. The van der Waals surface area contributed by atoms with Crippen molar-refractivity contribution in [3.63, 3.8) is 0 Å². The van der Waals surface area contributed by atoms with Gasteiger partial charge in [-0.2, -0.15) is 17.8 Å². The predicted molar refractivity (Wildman–Crippen MR) is 158 cm³/mol. The van der Waals surface area contributed by atoms with Crippen LogP contribution in [-0.2, 0) is 50.1 Å². The van der Waals surface area contributed by atoms with E-state index in [1.54, 1.807) is 16.9 Å². The van der Waals surface area contributed by atoms with E-state index in [0.717, 1.165) is 25.9 Å². The van der Waals surface area contributed by atoms with E-state index in [9.17, 15) is 32.0 Å². The Morgan fingerprint density at radius 1 is 1.17 bits per heavy atom. The van der Waals surface area contributed by atoms with E-state index >= 15 is 0 Å². The number of nitrogens with one attached hydrogen (secondary N) is 1. The lowest BCUT2D eigenvalue weighted by Gasteiger charge is -2.39. The van der Waals surface area contributed by atoms with Crippen LogP contribution in [0.15, 0.2) is 54.9 Å². The molecule has 3 aliphatic rings. The van der Waals surface area contributed by atoms with Crippen molar-refractivity contribution in [1.82, 2.24) is 28.6 Å². The first-order chi connectivity index (χ1) is 21.9. The number of rotatable bonds is 8. The van der Waals surface area contributed by atoms with E-state index < -0.39 is 58.2 Å². The molecule has 242 valence electrons. The second kappa shape index (κ2) is 11.8. The summed E-state index contributed by atoms with van der Waals surface area (Å²) in [4.78, 5) is 54.1. The van der Waals surface area contributed by atoms with Gasteiger partial charge in [0.25, 0.3) is 5.91 Å². The zero-order chi connectivity index (χ0) is 32.8. The highest BCUT2D eigenvalue weighted by Gasteiger charge is 2.58. The number of imide groups is 1. The highest BCUT2D eigenvalue weighted by Crippen LogP contribution is 2.46. The average Bonchev–Trinajstić information content (AvgIpc) is 3.68. The lowest BCUT2D eigenvalue weighted by molar-refractivity contribution is -0.143. The number of hydrogen-bond acceptors (Lipinski definition) is 8. The molecule has 0 bridgehead atoms. The summed E-state index contributed by atoms with van der Waals surface area (Å²) in [5.74, 6) is -1.82. The summed E-state index contributed by atoms with van der Waals surface area (Å²) >= 11 is 0. The number of halogens is 1. The SMILES string of the molecule is Cn1cc(-c2ccc3c(c2)CC[C@@]32OC(=O)N(CC(=O)N(Cc3ccc(F)cc3)[C@@H]3CCCN(S(=O)(=O)NC(=O)O)C3)C2=O)cn1. The van der Waals surface area contributed by atoms with Gasteiger partial charge in [-0.05, 0) is 48.1 Å². The smallest absolute Gasteiger partial charge is 0.419 e. The maximum absolute atomic E-state index is 13.9. The summed E-state index contributed by atoms with van der Waals surface area (Å²) in [6, 6.07) is 10.1. The number of fused-ring (bicyclic) bond motifs is 2. The number of carbonyl (C=O) groups is 4. The summed E-state index contributed by atoms with van der Waals surface area (Å²) in [5.41, 5.74) is 2.13. The fourth-order valence-corrected chi connectivity index (χ4v) is 7.49. The number of hydrogen-bond donors (Lipinski definition) is 2. The molecule has 6 rings (SSSR count). The van der Waals surface area contributed by atoms with Gasteiger partial charge in [-0.1, -0.05) is 30.3 Å². The van der Waals surface area contributed by atoms with E-state index in [4.69, 9.17) is 9.84 Å². The van der Waals surface area contributed by atoms with Crippen LogP contribution < -0.4 is 4.72 Å². The molecule has 14 nitrogen and oxygen atoms in total. The van der Waals surface area contributed by atoms with Crippen LogP contribution in [0.5, 0.6) is 0 Å². The Morgan fingerprint density at radius 2 is 1.93 bits per heavy atom. The van der Waals surface area contributed by atoms with E-state index in [2.05, 4.69) is 5.10 Å². The van der Waals surface area contributed by atoms with Crippen LogP contribution in [0.1, 0.15) is 36.0 Å². The predicted octanol–water partition coefficient (Wildman–Crippen LogP) is 2.35. The van der Waals surface area contributed by atoms with Crippen LogP contribution >= 0.6 is 0 Å². The van der Waals surface area contributed by atoms with Crippen molar-refractivity contribution in [3.05, 3.63) is 77.4 Å². The second-order valence-electron chi connectivity index (χ2n) is 11.6. The fraction of sp³-hybridized carbons (Fsp3) is 0.367. The third kappa shape index (κ3) is 5.80. The lowest BCUT2D eigenvalue weighted by Crippen LogP contribution is -2.55. The maximum Gasteiger partial charge on any atom is 0.419 e. The van der Waals surface area contributed by atoms with Crippen molar-refractivity contribution in [2.45, 2.75) is 43.9 Å². The molecule has 1 spiro atoms. The highest BCUT2D eigenvalue weighted by atomic mass is 32.2. The molecule has 2 saturated heterocycles. The van der Waals surface area contributed by atoms with E-state index in [-0.39, 0.29) is 26.1 Å². The van der Waals surface area contributed by atoms with Gasteiger partial charge in [0.05, 0.1) is 6.20 Å². The van der Waals surface area contributed by atoms with Gasteiger partial charge in [0, 0.05) is 56.5 Å². The Labute approximate surface area is 263 Å². The summed E-state index contributed by atoms with van der Waals surface area (Å²) in [7, 11) is -2.60. The quantitative estimate of drug-likeness (QED) is 0.370. The lowest BCUT2D eigenvalue weighted by atomic mass is 9.93. The van der Waals surface area contributed by atoms with Crippen LogP contribution in [0.4, 0.5) is 14.0 Å². The first-order valence-electron chi connectivity index (χ1n) is 14.6. The molecule has 4 amide bonds. The molecule has 2 N–H and O–H groups in total. The van der Waals surface area contributed by atoms with E-state index in [1.807, 2.05) is 25.4 Å². The Bertz CT molecular complexity index is 1830. The van der Waals surface area contributed by atoms with E-state index in [1.165, 1.54) is 33.9 Å². The number of amides is 4. The number of carbonyl (C=O) groups excluding carboxylic acids is 3. The third-order valence-corrected chi connectivity index (χ3v) is 10.1. The number of carboxylic acid groups (broad SMARTS) is 1. The van der Waals surface area contributed by atoms with Gasteiger partial charge in [0.2, 0.25) is 11.5 Å². The summed E-state index contributed by atoms with van der Waals surface area (Å²) in [6.45, 7) is -0.948. The topological polar surface area (TPSA) is 171 Å². The molecule has 46 heavy (non-hydrogen) atoms. The van der Waals surface area contributed by atoms with Crippen LogP contribution in [0.3, 0.4) is 0 Å². The molecule has 1 aromatic heterocycles. The van der Waals surface area contributed by atoms with Gasteiger partial charge >= 0.3 is 22.4 Å². The van der Waals surface area contributed by atoms with Crippen molar-refractivity contribution in [3.8, 4) is 11.1 Å². The zero-order valence-corrected chi connectivity index (χ0v) is 25.6. The normalized spacial score (nSPS) is 21.3. The van der Waals surface area contributed by atoms with Crippen LogP contribution in [-0.4, -0.2) is 87.1 Å². The first kappa shape index (κ1) is 31.2. The molecule has 1 aliphatic carbocycles. The Hall–Kier alpha value is -4.83. The fourth-order valence-electron chi connectivity index (χ4n) is 6.40. The van der Waals surface area contributed by atoms with Crippen LogP contribution in [0.2, 0.25) is 0 Å². The third-order valence-electron chi connectivity index (χ3n) is 8.63. The standard InChI is InChI=1S/C30H31FN6O8S/c1-34-16-22(14-32-34)20-6-9-25-21(13-20)10-11-30(25)27(39)37(29(42)45-30)18-26(38)36(15-19-4-7-23(31)8-5-19)24-3-2-12-35(17-24)46(43,44)33-28(40)41/h4-9,13-14,16,24,33H,2-3,10-12,15,17-18H2,1H3,(H,40,41)/t24-,30-/m1/s1. The molecule has 0 unspecified atom stereocenters. The zero-order valence-electron chi connectivity index (χ0n) is 24.8. The minimum Gasteiger partial charge on any atom is -0.464 e. The van der Waals surface area contributed by atoms with Crippen molar-refractivity contribution < 1.29 is 41.8 Å². The minimum atomic E-state index is -4.40. The second-order valence-corrected chi connectivity index (χ2v) is 13.2. The van der Waals surface area contributed by atoms with Gasteiger partial charge in [-0.3, -0.25) is 14.3 Å². The maximum atomic E-state index is 13.9. The van der Waals surface area contributed by atoms with Crippen molar-refractivity contribution >= 4 is 34.2 Å². The summed E-state index contributed by atoms with van der Waals surface area (Å²) in [6.07, 6.45) is 2.22. The van der Waals surface area contributed by atoms with Gasteiger partial charge in [0.15, 0.2) is 0 Å². The molecule has 2 aromatic carbocycles. The van der Waals surface area contributed by atoms with Gasteiger partial charge < -0.3 is 14.7 Å². The van der Waals surface area contributed by atoms with Crippen molar-refractivity contribution in [2.75, 3.05) is 19.6 Å². The van der Waals surface area contributed by atoms with Gasteiger partial charge in [-0.15, -0.1) is 0 Å². The number of aryl methyl sites for hydroxylation is 2. The number of benzene rings is 2. The van der Waals surface area contributed by atoms with Crippen molar-refractivity contribution in [2.24, 2.45) is 7.05 Å². The molecule has 3 aromatic rings. The van der Waals surface area contributed by atoms with Gasteiger partial charge in [-0.25, -0.2) is 23.6 Å². The molecule has 2 fully saturated rings. The minimum absolute atomic E-state index is 0.0268. The molecule has 0 saturated carbocycles. The monoisotopic (exact) mass is 654 g/mol. The molecule has 2 aliphatic heterocycles. The number of nitrogens with zero attached hydrogens (tertiary/aromatic N) is 5. The average molecular weight is 655 g/mol. The van der Waals surface area contributed by atoms with Gasteiger partial charge in [0.1, 0.15) is 12.4 Å². The highest BCUT2D eigenvalue weighted by molar-refractivity contribution is 7.87. The molecule has 0 radical (unpaired) electrons. The first-order valence-corrected chi connectivity index (χ1v) is 16.0. The Kier molecular flexibility index (Phi) is 8.02. The van der Waals surface area contributed by atoms with Crippen LogP contribution in [0, 0.1) is 5.82 Å². The molecule has 3 heterocycles. The largest absolute Gasteiger partial charge is 0.464 e. The molecule has 2 atom stereocenters. The molecular weight excluding hydrogens is 623 g/mol. The summed E-state index contributed by atoms with van der Waals surface area (Å²) in [5, 5.41) is 13.2. The Balaban J connectivity index is 1.24. The van der Waals surface area contributed by atoms with Crippen LogP contribution in [0.25, 0.3) is 11.1 Å². The molecular formula is C30H31FN6O8S.